The average Bonchev–Trinajstić information content (AvgIpc) is 3.42. The van der Waals surface area contributed by atoms with Crippen molar-refractivity contribution in [2.24, 2.45) is 4.99 Å². The van der Waals surface area contributed by atoms with Crippen molar-refractivity contribution < 1.29 is 14.0 Å². The number of ether oxygens (including phenoxy) is 2. The van der Waals surface area contributed by atoms with E-state index in [1.165, 1.54) is 0 Å². The van der Waals surface area contributed by atoms with Gasteiger partial charge in [-0.15, -0.1) is 24.0 Å². The highest BCUT2D eigenvalue weighted by molar-refractivity contribution is 14.0. The predicted molar refractivity (Wildman–Crippen MR) is 121 cm³/mol. The average molecular weight is 534 g/mol. The Balaban J connectivity index is 0.00000240. The molecule has 0 aliphatic carbocycles. The molecule has 29 heavy (non-hydrogen) atoms. The fourth-order valence-electron chi connectivity index (χ4n) is 3.52. The van der Waals surface area contributed by atoms with Crippen molar-refractivity contribution >= 4 is 41.5 Å². The Morgan fingerprint density at radius 3 is 2.76 bits per heavy atom. The van der Waals surface area contributed by atoms with E-state index in [9.17, 15) is 0 Å². The smallest absolute Gasteiger partial charge is 0.246 e. The van der Waals surface area contributed by atoms with Gasteiger partial charge < -0.3 is 24.2 Å². The topological polar surface area (TPSA) is 85.0 Å². The molecule has 2 saturated heterocycles. The van der Waals surface area contributed by atoms with E-state index in [2.05, 4.69) is 25.3 Å². The van der Waals surface area contributed by atoms with Gasteiger partial charge in [-0.2, -0.15) is 4.98 Å². The minimum atomic E-state index is 0. The number of rotatable bonds is 4. The molecule has 3 heterocycles. The molecule has 2 unspecified atom stereocenters. The van der Waals surface area contributed by atoms with Crippen LogP contribution in [0.15, 0.2) is 33.8 Å². The lowest BCUT2D eigenvalue weighted by Gasteiger charge is -2.37. The Kier molecular flexibility index (Phi) is 8.10. The first-order valence-corrected chi connectivity index (χ1v) is 9.88. The highest BCUT2D eigenvalue weighted by Crippen LogP contribution is 2.21. The molecule has 1 aromatic heterocycles. The molecular weight excluding hydrogens is 509 g/mol. The van der Waals surface area contributed by atoms with Gasteiger partial charge in [-0.3, -0.25) is 4.99 Å². The first kappa shape index (κ1) is 22.3. The first-order chi connectivity index (χ1) is 13.7. The van der Waals surface area contributed by atoms with Gasteiger partial charge in [0, 0.05) is 37.3 Å². The predicted octanol–water partition coefficient (Wildman–Crippen LogP) is 2.96. The summed E-state index contributed by atoms with van der Waals surface area (Å²) in [7, 11) is 1.77. The standard InChI is InChI=1S/C19H24ClN5O3.HI/c1-21-19(25-8-10-27-16(12-25)15-3-2-9-26-15)22-11-17-23-18(24-28-17)13-4-6-14(20)7-5-13;/h4-7,15-16H,2-3,8-12H2,1H3,(H,21,22);1H. The summed E-state index contributed by atoms with van der Waals surface area (Å²) in [5, 5.41) is 8.01. The summed E-state index contributed by atoms with van der Waals surface area (Å²) >= 11 is 5.92. The second kappa shape index (κ2) is 10.6. The summed E-state index contributed by atoms with van der Waals surface area (Å²) in [5.41, 5.74) is 0.858. The zero-order valence-corrected chi connectivity index (χ0v) is 19.3. The van der Waals surface area contributed by atoms with Crippen LogP contribution in [-0.2, 0) is 16.0 Å². The second-order valence-corrected chi connectivity index (χ2v) is 7.26. The highest BCUT2D eigenvalue weighted by Gasteiger charge is 2.32. The summed E-state index contributed by atoms with van der Waals surface area (Å²) in [4.78, 5) is 11.0. The Labute approximate surface area is 192 Å². The second-order valence-electron chi connectivity index (χ2n) is 6.83. The number of nitrogens with one attached hydrogen (secondary N) is 1. The Morgan fingerprint density at radius 2 is 2.03 bits per heavy atom. The molecule has 2 aromatic rings. The maximum Gasteiger partial charge on any atom is 0.246 e. The molecular formula is C19H25ClIN5O3. The number of aromatic nitrogens is 2. The normalized spacial score (nSPS) is 22.4. The van der Waals surface area contributed by atoms with Crippen molar-refractivity contribution in [2.45, 2.75) is 31.6 Å². The van der Waals surface area contributed by atoms with Gasteiger partial charge in [-0.1, -0.05) is 16.8 Å². The van der Waals surface area contributed by atoms with E-state index in [0.29, 0.717) is 29.9 Å². The van der Waals surface area contributed by atoms with Gasteiger partial charge in [-0.25, -0.2) is 0 Å². The van der Waals surface area contributed by atoms with Gasteiger partial charge >= 0.3 is 0 Å². The number of hydrogen-bond acceptors (Lipinski definition) is 6. The molecule has 0 saturated carbocycles. The van der Waals surface area contributed by atoms with Crippen LogP contribution in [0.3, 0.4) is 0 Å². The van der Waals surface area contributed by atoms with Crippen LogP contribution in [0.2, 0.25) is 5.02 Å². The van der Waals surface area contributed by atoms with Crippen LogP contribution in [0.25, 0.3) is 11.4 Å². The fraction of sp³-hybridized carbons (Fsp3) is 0.526. The number of benzene rings is 1. The zero-order valence-electron chi connectivity index (χ0n) is 16.2. The first-order valence-electron chi connectivity index (χ1n) is 9.50. The van der Waals surface area contributed by atoms with Gasteiger partial charge in [0.05, 0.1) is 19.3 Å². The van der Waals surface area contributed by atoms with Crippen molar-refractivity contribution in [1.29, 1.82) is 0 Å². The van der Waals surface area contributed by atoms with Gasteiger partial charge in [0.25, 0.3) is 0 Å². The lowest BCUT2D eigenvalue weighted by Crippen LogP contribution is -2.53. The van der Waals surface area contributed by atoms with Gasteiger partial charge in [-0.05, 0) is 37.1 Å². The molecule has 0 bridgehead atoms. The Bertz CT molecular complexity index is 810. The minimum absolute atomic E-state index is 0. The van der Waals surface area contributed by atoms with Crippen molar-refractivity contribution in [3.05, 3.63) is 35.2 Å². The van der Waals surface area contributed by atoms with E-state index in [-0.39, 0.29) is 36.2 Å². The number of nitrogens with zero attached hydrogens (tertiary/aromatic N) is 4. The summed E-state index contributed by atoms with van der Waals surface area (Å²) in [6.07, 6.45) is 2.42. The third-order valence-electron chi connectivity index (χ3n) is 4.95. The Morgan fingerprint density at radius 1 is 1.24 bits per heavy atom. The van der Waals surface area contributed by atoms with E-state index >= 15 is 0 Å². The summed E-state index contributed by atoms with van der Waals surface area (Å²) in [5.74, 6) is 1.82. The number of hydrogen-bond donors (Lipinski definition) is 1. The molecule has 2 aliphatic rings. The van der Waals surface area contributed by atoms with Gasteiger partial charge in [0.1, 0.15) is 6.10 Å². The molecule has 0 radical (unpaired) electrons. The van der Waals surface area contributed by atoms with Crippen molar-refractivity contribution in [1.82, 2.24) is 20.4 Å². The van der Waals surface area contributed by atoms with Crippen LogP contribution in [0.4, 0.5) is 0 Å². The number of morpholine rings is 1. The summed E-state index contributed by atoms with van der Waals surface area (Å²) in [6, 6.07) is 7.33. The molecule has 2 atom stereocenters. The molecule has 8 nitrogen and oxygen atoms in total. The molecule has 4 rings (SSSR count). The zero-order chi connectivity index (χ0) is 19.3. The van der Waals surface area contributed by atoms with Crippen LogP contribution < -0.4 is 5.32 Å². The number of aliphatic imine (C=N–C) groups is 1. The fourth-order valence-corrected chi connectivity index (χ4v) is 3.64. The third kappa shape index (κ3) is 5.59. The van der Waals surface area contributed by atoms with Crippen LogP contribution in [-0.4, -0.2) is 66.6 Å². The van der Waals surface area contributed by atoms with Gasteiger partial charge in [0.15, 0.2) is 5.96 Å². The molecule has 2 fully saturated rings. The largest absolute Gasteiger partial charge is 0.375 e. The van der Waals surface area contributed by atoms with E-state index < -0.39 is 0 Å². The molecule has 10 heteroatoms. The highest BCUT2D eigenvalue weighted by atomic mass is 127. The molecule has 1 aromatic carbocycles. The van der Waals surface area contributed by atoms with Crippen LogP contribution in [0, 0.1) is 0 Å². The van der Waals surface area contributed by atoms with Crippen molar-refractivity contribution in [2.75, 3.05) is 33.4 Å². The van der Waals surface area contributed by atoms with Crippen molar-refractivity contribution in [3.8, 4) is 11.4 Å². The van der Waals surface area contributed by atoms with E-state index in [1.54, 1.807) is 19.2 Å². The Hall–Kier alpha value is -1.43. The lowest BCUT2D eigenvalue weighted by molar-refractivity contribution is -0.0817. The van der Waals surface area contributed by atoms with Crippen LogP contribution >= 0.6 is 35.6 Å². The van der Waals surface area contributed by atoms with E-state index in [4.69, 9.17) is 25.6 Å². The molecule has 0 amide bonds. The van der Waals surface area contributed by atoms with E-state index in [1.807, 2.05) is 12.1 Å². The molecule has 1 N–H and O–H groups in total. The summed E-state index contributed by atoms with van der Waals surface area (Å²) in [6.45, 7) is 3.42. The summed E-state index contributed by atoms with van der Waals surface area (Å²) < 4.78 is 17.1. The lowest BCUT2D eigenvalue weighted by atomic mass is 10.1. The molecule has 2 aliphatic heterocycles. The monoisotopic (exact) mass is 533 g/mol. The number of guanidine groups is 1. The number of halogens is 2. The van der Waals surface area contributed by atoms with Crippen LogP contribution in [0.1, 0.15) is 18.7 Å². The quantitative estimate of drug-likeness (QED) is 0.367. The van der Waals surface area contributed by atoms with Crippen molar-refractivity contribution in [3.63, 3.8) is 0 Å². The van der Waals surface area contributed by atoms with Gasteiger partial charge in [0.2, 0.25) is 11.7 Å². The molecule has 158 valence electrons. The maximum atomic E-state index is 5.92. The van der Waals surface area contributed by atoms with Crippen LogP contribution in [0.5, 0.6) is 0 Å². The van der Waals surface area contributed by atoms with E-state index in [0.717, 1.165) is 44.1 Å². The maximum absolute atomic E-state index is 5.92. The molecule has 0 spiro atoms. The SMILES string of the molecule is CN=C(NCc1nc(-c2ccc(Cl)cc2)no1)N1CCOC(C2CCCO2)C1.I. The third-order valence-corrected chi connectivity index (χ3v) is 5.20. The minimum Gasteiger partial charge on any atom is -0.375 e.